The molecule has 0 saturated carbocycles. The van der Waals surface area contributed by atoms with Gasteiger partial charge in [0, 0.05) is 22.7 Å². The highest BCUT2D eigenvalue weighted by atomic mass is 32.2. The van der Waals surface area contributed by atoms with Crippen LogP contribution in [-0.4, -0.2) is 16.5 Å². The van der Waals surface area contributed by atoms with Crippen LogP contribution in [0.15, 0.2) is 29.4 Å². The molecule has 5 heteroatoms. The monoisotopic (exact) mass is 301 g/mol. The molecule has 21 heavy (non-hydrogen) atoms. The Labute approximate surface area is 128 Å². The molecule has 108 valence electrons. The molecular formula is C16H16FN3S. The fourth-order valence-electron chi connectivity index (χ4n) is 1.84. The molecule has 0 aliphatic rings. The number of aryl methyl sites for hydroxylation is 2. The van der Waals surface area contributed by atoms with E-state index in [1.165, 1.54) is 23.9 Å². The Hall–Kier alpha value is -1.90. The van der Waals surface area contributed by atoms with E-state index in [0.29, 0.717) is 11.3 Å². The first-order valence-electron chi connectivity index (χ1n) is 6.51. The summed E-state index contributed by atoms with van der Waals surface area (Å²) >= 11 is 1.51. The summed E-state index contributed by atoms with van der Waals surface area (Å²) in [6, 6.07) is 6.54. The topological polar surface area (TPSA) is 51.8 Å². The van der Waals surface area contributed by atoms with E-state index in [4.69, 9.17) is 5.73 Å². The zero-order chi connectivity index (χ0) is 15.2. The van der Waals surface area contributed by atoms with Gasteiger partial charge in [-0.1, -0.05) is 29.7 Å². The minimum absolute atomic E-state index is 0.253. The number of halogens is 1. The van der Waals surface area contributed by atoms with E-state index >= 15 is 0 Å². The molecule has 0 aliphatic carbocycles. The number of benzene rings is 1. The molecule has 1 aromatic heterocycles. The molecule has 1 aromatic carbocycles. The minimum atomic E-state index is -0.298. The van der Waals surface area contributed by atoms with Crippen LogP contribution in [0, 0.1) is 31.5 Å². The molecule has 0 unspecified atom stereocenters. The Morgan fingerprint density at radius 3 is 2.57 bits per heavy atom. The van der Waals surface area contributed by atoms with Gasteiger partial charge >= 0.3 is 0 Å². The fraction of sp³-hybridized carbons (Fsp3) is 0.250. The third kappa shape index (κ3) is 4.55. The van der Waals surface area contributed by atoms with Crippen LogP contribution < -0.4 is 5.73 Å². The van der Waals surface area contributed by atoms with Gasteiger partial charge in [-0.2, -0.15) is 0 Å². The maximum atomic E-state index is 13.3. The summed E-state index contributed by atoms with van der Waals surface area (Å²) in [7, 11) is 0. The van der Waals surface area contributed by atoms with Gasteiger partial charge in [0.25, 0.3) is 0 Å². The average Bonchev–Trinajstić information content (AvgIpc) is 2.43. The molecule has 2 rings (SSSR count). The third-order valence-corrected chi connectivity index (χ3v) is 3.61. The Balaban J connectivity index is 2.19. The Morgan fingerprint density at radius 1 is 1.19 bits per heavy atom. The lowest BCUT2D eigenvalue weighted by molar-refractivity contribution is 0.627. The minimum Gasteiger partial charge on any atom is -0.320 e. The highest BCUT2D eigenvalue weighted by Crippen LogP contribution is 2.22. The van der Waals surface area contributed by atoms with E-state index in [1.807, 2.05) is 19.9 Å². The van der Waals surface area contributed by atoms with Crippen LogP contribution in [0.5, 0.6) is 0 Å². The van der Waals surface area contributed by atoms with Crippen molar-refractivity contribution < 1.29 is 4.39 Å². The Kier molecular flexibility index (Phi) is 5.32. The number of nitrogens with zero attached hydrogens (tertiary/aromatic N) is 2. The number of hydrogen-bond acceptors (Lipinski definition) is 4. The van der Waals surface area contributed by atoms with Crippen molar-refractivity contribution in [3.8, 4) is 11.8 Å². The largest absolute Gasteiger partial charge is 0.320 e. The van der Waals surface area contributed by atoms with Crippen molar-refractivity contribution in [3.63, 3.8) is 0 Å². The first kappa shape index (κ1) is 15.5. The van der Waals surface area contributed by atoms with Crippen LogP contribution in [-0.2, 0) is 5.75 Å². The van der Waals surface area contributed by atoms with Crippen LogP contribution in [0.3, 0.4) is 0 Å². The molecule has 0 amide bonds. The maximum absolute atomic E-state index is 13.3. The van der Waals surface area contributed by atoms with Gasteiger partial charge in [-0.25, -0.2) is 14.4 Å². The predicted molar refractivity (Wildman–Crippen MR) is 83.4 cm³/mol. The molecule has 2 N–H and O–H groups in total. The lowest BCUT2D eigenvalue weighted by Crippen LogP contribution is -1.96. The van der Waals surface area contributed by atoms with Gasteiger partial charge in [-0.3, -0.25) is 0 Å². The van der Waals surface area contributed by atoms with E-state index in [1.54, 1.807) is 6.07 Å². The number of nitrogens with two attached hydrogens (primary N) is 1. The molecule has 0 spiro atoms. The lowest BCUT2D eigenvalue weighted by atomic mass is 10.1. The second-order valence-corrected chi connectivity index (χ2v) is 5.47. The zero-order valence-corrected chi connectivity index (χ0v) is 12.8. The average molecular weight is 301 g/mol. The summed E-state index contributed by atoms with van der Waals surface area (Å²) in [5, 5.41) is 0.717. The van der Waals surface area contributed by atoms with E-state index in [-0.39, 0.29) is 12.4 Å². The van der Waals surface area contributed by atoms with Crippen LogP contribution in [0.25, 0.3) is 0 Å². The molecule has 3 nitrogen and oxygen atoms in total. The predicted octanol–water partition coefficient (Wildman–Crippen LogP) is 2.84. The SMILES string of the molecule is Cc1cc(C)nc(SCc2ccc(F)cc2C#CCN)n1. The number of rotatable bonds is 3. The molecule has 0 saturated heterocycles. The van der Waals surface area contributed by atoms with Crippen LogP contribution in [0.1, 0.15) is 22.5 Å². The summed E-state index contributed by atoms with van der Waals surface area (Å²) in [5.41, 5.74) is 8.86. The van der Waals surface area contributed by atoms with Crippen LogP contribution in [0.4, 0.5) is 4.39 Å². The molecule has 1 heterocycles. The Bertz CT molecular complexity index is 684. The first-order valence-corrected chi connectivity index (χ1v) is 7.49. The van der Waals surface area contributed by atoms with Gasteiger partial charge in [-0.05, 0) is 37.6 Å². The van der Waals surface area contributed by atoms with Gasteiger partial charge in [0.2, 0.25) is 0 Å². The summed E-state index contributed by atoms with van der Waals surface area (Å²) in [5.74, 6) is 6.00. The number of thioether (sulfide) groups is 1. The summed E-state index contributed by atoms with van der Waals surface area (Å²) in [4.78, 5) is 8.76. The third-order valence-electron chi connectivity index (χ3n) is 2.72. The molecule has 0 atom stereocenters. The van der Waals surface area contributed by atoms with Crippen LogP contribution in [0.2, 0.25) is 0 Å². The van der Waals surface area contributed by atoms with E-state index in [0.717, 1.165) is 22.1 Å². The summed E-state index contributed by atoms with van der Waals surface area (Å²) in [6.45, 7) is 4.13. The van der Waals surface area contributed by atoms with Crippen molar-refractivity contribution in [2.24, 2.45) is 5.73 Å². The molecule has 0 bridgehead atoms. The smallest absolute Gasteiger partial charge is 0.188 e. The van der Waals surface area contributed by atoms with Crippen molar-refractivity contribution >= 4 is 11.8 Å². The van der Waals surface area contributed by atoms with Crippen LogP contribution >= 0.6 is 11.8 Å². The van der Waals surface area contributed by atoms with Crippen molar-refractivity contribution in [1.82, 2.24) is 9.97 Å². The van der Waals surface area contributed by atoms with E-state index in [2.05, 4.69) is 21.8 Å². The number of hydrogen-bond donors (Lipinski definition) is 1. The van der Waals surface area contributed by atoms with Crippen molar-refractivity contribution in [2.75, 3.05) is 6.54 Å². The van der Waals surface area contributed by atoms with Gasteiger partial charge in [0.15, 0.2) is 5.16 Å². The molecular weight excluding hydrogens is 285 g/mol. The van der Waals surface area contributed by atoms with E-state index < -0.39 is 0 Å². The lowest BCUT2D eigenvalue weighted by Gasteiger charge is -2.05. The fourth-order valence-corrected chi connectivity index (χ4v) is 2.79. The molecule has 0 fully saturated rings. The normalized spacial score (nSPS) is 10.1. The van der Waals surface area contributed by atoms with Gasteiger partial charge in [-0.15, -0.1) is 0 Å². The second-order valence-electron chi connectivity index (χ2n) is 4.53. The maximum Gasteiger partial charge on any atom is 0.188 e. The van der Waals surface area contributed by atoms with Crippen molar-refractivity contribution in [2.45, 2.75) is 24.8 Å². The molecule has 0 aliphatic heterocycles. The second kappa shape index (κ2) is 7.21. The number of aromatic nitrogens is 2. The first-order chi connectivity index (χ1) is 10.1. The van der Waals surface area contributed by atoms with Gasteiger partial charge in [0.05, 0.1) is 6.54 Å². The Morgan fingerprint density at radius 2 is 1.90 bits per heavy atom. The van der Waals surface area contributed by atoms with Crippen molar-refractivity contribution in [1.29, 1.82) is 0 Å². The quantitative estimate of drug-likeness (QED) is 0.538. The van der Waals surface area contributed by atoms with Gasteiger partial charge < -0.3 is 5.73 Å². The molecule has 2 aromatic rings. The summed E-state index contributed by atoms with van der Waals surface area (Å²) in [6.07, 6.45) is 0. The summed E-state index contributed by atoms with van der Waals surface area (Å²) < 4.78 is 13.3. The van der Waals surface area contributed by atoms with E-state index in [9.17, 15) is 4.39 Å². The highest BCUT2D eigenvalue weighted by Gasteiger charge is 2.06. The standard InChI is InChI=1S/C16H16FN3S/c1-11-8-12(2)20-16(19-11)21-10-14-5-6-15(17)9-13(14)4-3-7-18/h5-6,8-9H,7,10,18H2,1-2H3. The zero-order valence-electron chi connectivity index (χ0n) is 12.0. The van der Waals surface area contributed by atoms with Gasteiger partial charge in [0.1, 0.15) is 5.82 Å². The van der Waals surface area contributed by atoms with Crippen molar-refractivity contribution in [3.05, 3.63) is 52.6 Å². The molecule has 0 radical (unpaired) electrons. The highest BCUT2D eigenvalue weighted by molar-refractivity contribution is 7.98.